The van der Waals surface area contributed by atoms with E-state index in [0.29, 0.717) is 11.5 Å². The van der Waals surface area contributed by atoms with Gasteiger partial charge < -0.3 is 18.3 Å². The number of benzene rings is 14. The van der Waals surface area contributed by atoms with E-state index in [-0.39, 0.29) is 0 Å². The first-order chi connectivity index (χ1) is 46.6. The highest BCUT2D eigenvalue weighted by Crippen LogP contribution is 2.52. The molecule has 7 nitrogen and oxygen atoms in total. The summed E-state index contributed by atoms with van der Waals surface area (Å²) in [4.78, 5) is 15.0. The minimum atomic E-state index is 0.565. The zero-order valence-corrected chi connectivity index (χ0v) is 50.6. The average Bonchev–Trinajstić information content (AvgIpc) is 1.57. The number of rotatable bonds is 8. The van der Waals surface area contributed by atoms with E-state index < -0.39 is 0 Å². The summed E-state index contributed by atoms with van der Waals surface area (Å²) in [6, 6.07) is 112. The van der Waals surface area contributed by atoms with Gasteiger partial charge in [0.05, 0.1) is 62.1 Å². The SMILES string of the molecule is [C-]#[N+]c1ccc(-c2nc(-c3cc(-n4c5ccccc5c5ccc(-c6ccc7c(c6)c6ccccc6n7-c6ccccc6)cc54)cc(-n4c5ccccc5c5ccc(-c6ccc7c(c6)c6ccccc6n7-c6ccccc6)cc54)c3)c3c(n2)-c2cccc4cccc-3c24)cc1. The van der Waals surface area contributed by atoms with Crippen molar-refractivity contribution in [1.29, 1.82) is 0 Å². The summed E-state index contributed by atoms with van der Waals surface area (Å²) >= 11 is 0. The maximum atomic E-state index is 7.83. The van der Waals surface area contributed by atoms with Gasteiger partial charge >= 0.3 is 0 Å². The highest BCUT2D eigenvalue weighted by Gasteiger charge is 2.30. The molecule has 0 fully saturated rings. The molecular formula is C87H51N7. The molecule has 0 bridgehead atoms. The quantitative estimate of drug-likeness (QED) is 0.142. The lowest BCUT2D eigenvalue weighted by molar-refractivity contribution is 1.13. The van der Waals surface area contributed by atoms with E-state index in [1.54, 1.807) is 0 Å². The molecule has 94 heavy (non-hydrogen) atoms. The molecule has 7 heteroatoms. The third-order valence-electron chi connectivity index (χ3n) is 19.7. The Kier molecular flexibility index (Phi) is 11.1. The van der Waals surface area contributed by atoms with Gasteiger partial charge in [-0.1, -0.05) is 206 Å². The van der Waals surface area contributed by atoms with Crippen molar-refractivity contribution in [3.63, 3.8) is 0 Å². The minimum Gasteiger partial charge on any atom is -0.309 e. The van der Waals surface area contributed by atoms with Crippen LogP contribution in [0.4, 0.5) is 5.69 Å². The lowest BCUT2D eigenvalue weighted by Crippen LogP contribution is -2.02. The van der Waals surface area contributed by atoms with E-state index in [1.165, 1.54) is 49.0 Å². The summed E-state index contributed by atoms with van der Waals surface area (Å²) in [5, 5.41) is 11.8. The molecule has 5 heterocycles. The maximum absolute atomic E-state index is 7.83. The molecule has 1 aliphatic carbocycles. The molecular weight excluding hydrogens is 1140 g/mol. The standard InChI is InChI=1S/C87H51N7/c1-88-60-40-34-54(35-41-60)87-89-85(84-71-28-16-18-53-19-17-29-72(83(53)71)86(84)90-87)59-46-63(93-75-30-12-8-24-65(75)69-42-36-57(50-81(69)93)55-38-44-79-73(48-55)67-26-10-14-32-77(67)91(79)61-20-4-2-5-21-61)52-64(47-59)94-76-31-13-9-25-66(76)70-43-37-58(51-82(70)94)56-39-45-80-74(49-56)68-27-11-15-33-78(68)92(80)62-22-6-3-7-23-62/h2-52H. The Morgan fingerprint density at radius 3 is 1.15 bits per heavy atom. The summed E-state index contributed by atoms with van der Waals surface area (Å²) in [5.41, 5.74) is 25.1. The number of hydrogen-bond acceptors (Lipinski definition) is 2. The van der Waals surface area contributed by atoms with Crippen LogP contribution in [0.5, 0.6) is 0 Å². The highest BCUT2D eigenvalue weighted by molar-refractivity contribution is 6.18. The number of fused-ring (bicyclic) bond motifs is 15. The largest absolute Gasteiger partial charge is 0.309 e. The smallest absolute Gasteiger partial charge is 0.187 e. The Morgan fingerprint density at radius 2 is 0.649 bits per heavy atom. The number of aromatic nitrogens is 6. The molecule has 0 N–H and O–H groups in total. The third-order valence-corrected chi connectivity index (χ3v) is 19.7. The van der Waals surface area contributed by atoms with Crippen LogP contribution in [0.2, 0.25) is 0 Å². The van der Waals surface area contributed by atoms with Crippen molar-refractivity contribution < 1.29 is 0 Å². The topological polar surface area (TPSA) is 49.9 Å². The Labute approximate surface area is 539 Å². The molecule has 0 radical (unpaired) electrons. The van der Waals surface area contributed by atoms with Gasteiger partial charge in [0.15, 0.2) is 11.5 Å². The first-order valence-electron chi connectivity index (χ1n) is 31.9. The van der Waals surface area contributed by atoms with Crippen molar-refractivity contribution >= 4 is 104 Å². The molecule has 0 amide bonds. The molecule has 20 rings (SSSR count). The van der Waals surface area contributed by atoms with E-state index >= 15 is 0 Å². The molecule has 0 spiro atoms. The summed E-state index contributed by atoms with van der Waals surface area (Å²) in [6.45, 7) is 7.83. The zero-order chi connectivity index (χ0) is 61.7. The highest BCUT2D eigenvalue weighted by atomic mass is 15.0. The lowest BCUT2D eigenvalue weighted by Gasteiger charge is -2.18. The molecule has 1 aliphatic rings. The summed E-state index contributed by atoms with van der Waals surface area (Å²) in [6.07, 6.45) is 0. The van der Waals surface area contributed by atoms with Gasteiger partial charge in [0.2, 0.25) is 0 Å². The van der Waals surface area contributed by atoms with Gasteiger partial charge in [-0.15, -0.1) is 0 Å². The fourth-order valence-corrected chi connectivity index (χ4v) is 15.5. The van der Waals surface area contributed by atoms with Gasteiger partial charge in [0.25, 0.3) is 0 Å². The minimum absolute atomic E-state index is 0.565. The molecule has 434 valence electrons. The van der Waals surface area contributed by atoms with Gasteiger partial charge in [0, 0.05) is 88.1 Å². The van der Waals surface area contributed by atoms with Crippen molar-refractivity contribution in [2.24, 2.45) is 0 Å². The van der Waals surface area contributed by atoms with E-state index in [4.69, 9.17) is 16.5 Å². The molecule has 19 aromatic rings. The van der Waals surface area contributed by atoms with Crippen molar-refractivity contribution in [3.05, 3.63) is 321 Å². The maximum Gasteiger partial charge on any atom is 0.187 e. The van der Waals surface area contributed by atoms with Crippen LogP contribution in [0.25, 0.3) is 193 Å². The van der Waals surface area contributed by atoms with Crippen LogP contribution in [-0.4, -0.2) is 28.2 Å². The molecule has 0 aliphatic heterocycles. The zero-order valence-electron chi connectivity index (χ0n) is 50.6. The molecule has 0 atom stereocenters. The summed E-state index contributed by atoms with van der Waals surface area (Å²) in [7, 11) is 0. The molecule has 0 saturated carbocycles. The van der Waals surface area contributed by atoms with E-state index in [2.05, 4.69) is 308 Å². The van der Waals surface area contributed by atoms with E-state index in [0.717, 1.165) is 133 Å². The monoisotopic (exact) mass is 1190 g/mol. The number of nitrogens with zero attached hydrogens (tertiary/aromatic N) is 7. The predicted octanol–water partition coefficient (Wildman–Crippen LogP) is 22.9. The Morgan fingerprint density at radius 1 is 0.255 bits per heavy atom. The number of para-hydroxylation sites is 6. The van der Waals surface area contributed by atoms with Crippen molar-refractivity contribution in [2.45, 2.75) is 0 Å². The van der Waals surface area contributed by atoms with E-state index in [1.807, 2.05) is 24.3 Å². The molecule has 5 aromatic heterocycles. The van der Waals surface area contributed by atoms with Crippen LogP contribution in [-0.2, 0) is 0 Å². The average molecular weight is 1190 g/mol. The number of hydrogen-bond donors (Lipinski definition) is 0. The fraction of sp³-hybridized carbons (Fsp3) is 0. The first-order valence-corrected chi connectivity index (χ1v) is 31.9. The Bertz CT molecular complexity index is 6170. The second kappa shape index (κ2) is 20.1. The van der Waals surface area contributed by atoms with Crippen LogP contribution in [0.1, 0.15) is 0 Å². The molecule has 14 aromatic carbocycles. The predicted molar refractivity (Wildman–Crippen MR) is 389 cm³/mol. The normalized spacial score (nSPS) is 12.0. The lowest BCUT2D eigenvalue weighted by atomic mass is 9.98. The van der Waals surface area contributed by atoms with Gasteiger partial charge in [0.1, 0.15) is 0 Å². The van der Waals surface area contributed by atoms with Crippen molar-refractivity contribution in [3.8, 4) is 90.0 Å². The molecule has 0 saturated heterocycles. The third kappa shape index (κ3) is 7.65. The fourth-order valence-electron chi connectivity index (χ4n) is 15.5. The van der Waals surface area contributed by atoms with Crippen LogP contribution < -0.4 is 0 Å². The van der Waals surface area contributed by atoms with E-state index in [9.17, 15) is 0 Å². The van der Waals surface area contributed by atoms with Crippen molar-refractivity contribution in [1.82, 2.24) is 28.2 Å². The van der Waals surface area contributed by atoms with Gasteiger partial charge in [-0.3, -0.25) is 0 Å². The Hall–Kier alpha value is -12.9. The molecule has 0 unspecified atom stereocenters. The Balaban J connectivity index is 0.851. The van der Waals surface area contributed by atoms with Crippen LogP contribution in [0.3, 0.4) is 0 Å². The first kappa shape index (κ1) is 51.9. The van der Waals surface area contributed by atoms with Crippen molar-refractivity contribution in [2.75, 3.05) is 0 Å². The summed E-state index contributed by atoms with van der Waals surface area (Å²) in [5.74, 6) is 0.595. The van der Waals surface area contributed by atoms with Gasteiger partial charge in [-0.05, 0) is 142 Å². The van der Waals surface area contributed by atoms with Crippen LogP contribution in [0.15, 0.2) is 309 Å². The second-order valence-corrected chi connectivity index (χ2v) is 24.7. The second-order valence-electron chi connectivity index (χ2n) is 24.7. The van der Waals surface area contributed by atoms with Gasteiger partial charge in [-0.25, -0.2) is 14.8 Å². The summed E-state index contributed by atoms with van der Waals surface area (Å²) < 4.78 is 9.71. The van der Waals surface area contributed by atoms with Crippen LogP contribution in [0, 0.1) is 6.57 Å². The van der Waals surface area contributed by atoms with Gasteiger partial charge in [-0.2, -0.15) is 0 Å². The van der Waals surface area contributed by atoms with Crippen LogP contribution >= 0.6 is 0 Å².